The van der Waals surface area contributed by atoms with Gasteiger partial charge in [0.05, 0.1) is 0 Å². The van der Waals surface area contributed by atoms with Crippen LogP contribution in [0.4, 0.5) is 0 Å². The summed E-state index contributed by atoms with van der Waals surface area (Å²) < 4.78 is 0. The van der Waals surface area contributed by atoms with E-state index in [1.165, 1.54) is 5.56 Å². The van der Waals surface area contributed by atoms with E-state index in [1.807, 2.05) is 31.2 Å². The van der Waals surface area contributed by atoms with Crippen molar-refractivity contribution in [3.63, 3.8) is 0 Å². The molecule has 0 saturated heterocycles. The summed E-state index contributed by atoms with van der Waals surface area (Å²) in [6, 6.07) is 7.98. The Labute approximate surface area is 119 Å². The highest BCUT2D eigenvalue weighted by Gasteiger charge is 2.38. The van der Waals surface area contributed by atoms with Crippen LogP contribution in [0.25, 0.3) is 0 Å². The van der Waals surface area contributed by atoms with Gasteiger partial charge in [0.15, 0.2) is 0 Å². The molecule has 4 nitrogen and oxygen atoms in total. The smallest absolute Gasteiger partial charge is 0.223 e. The van der Waals surface area contributed by atoms with E-state index in [2.05, 4.69) is 17.6 Å². The topological polar surface area (TPSA) is 58.2 Å². The number of benzene rings is 1. The minimum Gasteiger partial charge on any atom is -0.355 e. The summed E-state index contributed by atoms with van der Waals surface area (Å²) in [5.74, 6) is 0.733. The lowest BCUT2D eigenvalue weighted by molar-refractivity contribution is -0.123. The Morgan fingerprint density at radius 1 is 1.25 bits per heavy atom. The van der Waals surface area contributed by atoms with Crippen molar-refractivity contribution in [1.82, 2.24) is 10.6 Å². The predicted octanol–water partition coefficient (Wildman–Crippen LogP) is 1.77. The van der Waals surface area contributed by atoms with Gasteiger partial charge in [0, 0.05) is 25.4 Å². The van der Waals surface area contributed by atoms with Crippen molar-refractivity contribution in [2.24, 2.45) is 11.8 Å². The molecule has 0 heterocycles. The van der Waals surface area contributed by atoms with Crippen LogP contribution >= 0.6 is 0 Å². The number of rotatable bonds is 6. The zero-order valence-corrected chi connectivity index (χ0v) is 12.1. The molecule has 0 spiro atoms. The van der Waals surface area contributed by atoms with Crippen molar-refractivity contribution in [1.29, 1.82) is 0 Å². The first-order chi connectivity index (χ1) is 9.58. The Morgan fingerprint density at radius 3 is 2.60 bits per heavy atom. The Bertz CT molecular complexity index is 499. The minimum atomic E-state index is -0.0302. The molecule has 0 bridgehead atoms. The number of hydrogen-bond donors (Lipinski definition) is 2. The molecule has 20 heavy (non-hydrogen) atoms. The average Bonchev–Trinajstić information content (AvgIpc) is 3.15. The summed E-state index contributed by atoms with van der Waals surface area (Å²) in [6.07, 6.45) is 1.31. The maximum atomic E-state index is 11.7. The summed E-state index contributed by atoms with van der Waals surface area (Å²) in [5, 5.41) is 5.69. The lowest BCUT2D eigenvalue weighted by Crippen LogP contribution is -2.31. The molecule has 2 rings (SSSR count). The molecule has 108 valence electrons. The third-order valence-electron chi connectivity index (χ3n) is 3.83. The minimum absolute atomic E-state index is 0.0302. The van der Waals surface area contributed by atoms with Gasteiger partial charge in [0.2, 0.25) is 11.8 Å². The normalized spacial score (nSPS) is 20.3. The van der Waals surface area contributed by atoms with Gasteiger partial charge in [-0.25, -0.2) is 0 Å². The van der Waals surface area contributed by atoms with E-state index >= 15 is 0 Å². The molecule has 0 aliphatic heterocycles. The van der Waals surface area contributed by atoms with Crippen molar-refractivity contribution in [2.45, 2.75) is 33.2 Å². The van der Waals surface area contributed by atoms with Crippen LogP contribution in [-0.2, 0) is 16.1 Å². The van der Waals surface area contributed by atoms with E-state index in [9.17, 15) is 9.59 Å². The first-order valence-electron chi connectivity index (χ1n) is 7.17. The van der Waals surface area contributed by atoms with Gasteiger partial charge in [-0.05, 0) is 30.4 Å². The van der Waals surface area contributed by atoms with E-state index in [0.717, 1.165) is 12.0 Å². The molecule has 0 unspecified atom stereocenters. The van der Waals surface area contributed by atoms with Crippen LogP contribution in [-0.4, -0.2) is 18.4 Å². The van der Waals surface area contributed by atoms with Crippen LogP contribution in [0.5, 0.6) is 0 Å². The van der Waals surface area contributed by atoms with Crippen LogP contribution in [0.1, 0.15) is 30.9 Å². The third kappa shape index (κ3) is 4.08. The van der Waals surface area contributed by atoms with Crippen LogP contribution in [0, 0.1) is 18.8 Å². The largest absolute Gasteiger partial charge is 0.355 e. The molecule has 2 amide bonds. The highest BCUT2D eigenvalue weighted by molar-refractivity contribution is 5.82. The Morgan fingerprint density at radius 2 is 1.95 bits per heavy atom. The quantitative estimate of drug-likeness (QED) is 0.830. The van der Waals surface area contributed by atoms with Crippen molar-refractivity contribution < 1.29 is 9.59 Å². The maximum absolute atomic E-state index is 11.7. The number of nitrogens with one attached hydrogen (secondary N) is 2. The van der Waals surface area contributed by atoms with Crippen molar-refractivity contribution in [3.8, 4) is 0 Å². The van der Waals surface area contributed by atoms with E-state index in [4.69, 9.17) is 0 Å². The lowest BCUT2D eigenvalue weighted by Gasteiger charge is -2.08. The number of carbonyl (C=O) groups excluding carboxylic acids is 2. The third-order valence-corrected chi connectivity index (χ3v) is 3.83. The number of carbonyl (C=O) groups is 2. The fourth-order valence-electron chi connectivity index (χ4n) is 2.21. The summed E-state index contributed by atoms with van der Waals surface area (Å²) in [4.78, 5) is 23.3. The van der Waals surface area contributed by atoms with Crippen LogP contribution in [0.3, 0.4) is 0 Å². The molecule has 1 aliphatic rings. The van der Waals surface area contributed by atoms with E-state index in [0.29, 0.717) is 25.4 Å². The van der Waals surface area contributed by atoms with Crippen LogP contribution in [0.15, 0.2) is 24.3 Å². The van der Waals surface area contributed by atoms with E-state index < -0.39 is 0 Å². The fraction of sp³-hybridized carbons (Fsp3) is 0.500. The van der Waals surface area contributed by atoms with Crippen LogP contribution in [0.2, 0.25) is 0 Å². The molecule has 1 aromatic rings. The first-order valence-corrected chi connectivity index (χ1v) is 7.17. The monoisotopic (exact) mass is 274 g/mol. The molecule has 0 radical (unpaired) electrons. The Kier molecular flexibility index (Phi) is 4.77. The average molecular weight is 274 g/mol. The predicted molar refractivity (Wildman–Crippen MR) is 77.9 cm³/mol. The van der Waals surface area contributed by atoms with Crippen molar-refractivity contribution in [3.05, 3.63) is 35.4 Å². The number of aryl methyl sites for hydroxylation is 1. The molecule has 2 N–H and O–H groups in total. The van der Waals surface area contributed by atoms with Crippen molar-refractivity contribution in [2.75, 3.05) is 6.54 Å². The second kappa shape index (κ2) is 6.55. The molecular weight excluding hydrogens is 252 g/mol. The van der Waals surface area contributed by atoms with Gasteiger partial charge in [-0.15, -0.1) is 0 Å². The summed E-state index contributed by atoms with van der Waals surface area (Å²) in [7, 11) is 0. The SMILES string of the molecule is Cc1ccccc1CNC(=O)CCNC(=O)[C@H]1C[C@H]1C. The van der Waals surface area contributed by atoms with E-state index in [-0.39, 0.29) is 17.7 Å². The Hall–Kier alpha value is -1.84. The maximum Gasteiger partial charge on any atom is 0.223 e. The van der Waals surface area contributed by atoms with Crippen LogP contribution < -0.4 is 10.6 Å². The fourth-order valence-corrected chi connectivity index (χ4v) is 2.21. The second-order valence-corrected chi connectivity index (χ2v) is 5.56. The highest BCUT2D eigenvalue weighted by Crippen LogP contribution is 2.37. The van der Waals surface area contributed by atoms with Gasteiger partial charge in [0.1, 0.15) is 0 Å². The van der Waals surface area contributed by atoms with E-state index in [1.54, 1.807) is 0 Å². The van der Waals surface area contributed by atoms with Crippen molar-refractivity contribution >= 4 is 11.8 Å². The zero-order chi connectivity index (χ0) is 14.5. The molecule has 1 aliphatic carbocycles. The van der Waals surface area contributed by atoms with Gasteiger partial charge in [-0.3, -0.25) is 9.59 Å². The molecule has 1 aromatic carbocycles. The zero-order valence-electron chi connectivity index (χ0n) is 12.1. The Balaban J connectivity index is 1.63. The molecule has 1 saturated carbocycles. The second-order valence-electron chi connectivity index (χ2n) is 5.56. The van der Waals surface area contributed by atoms with Gasteiger partial charge >= 0.3 is 0 Å². The van der Waals surface area contributed by atoms with Gasteiger partial charge < -0.3 is 10.6 Å². The highest BCUT2D eigenvalue weighted by atomic mass is 16.2. The molecule has 1 fully saturated rings. The summed E-state index contributed by atoms with van der Waals surface area (Å²) >= 11 is 0. The van der Waals surface area contributed by atoms with Gasteiger partial charge in [-0.1, -0.05) is 31.2 Å². The number of amides is 2. The number of hydrogen-bond acceptors (Lipinski definition) is 2. The lowest BCUT2D eigenvalue weighted by atomic mass is 10.1. The molecule has 0 aromatic heterocycles. The standard InChI is InChI=1S/C16H22N2O2/c1-11-5-3-4-6-13(11)10-18-15(19)7-8-17-16(20)14-9-12(14)2/h3-6,12,14H,7-10H2,1-2H3,(H,17,20)(H,18,19)/t12-,14+/m1/s1. The molecule has 4 heteroatoms. The summed E-state index contributed by atoms with van der Waals surface area (Å²) in [5.41, 5.74) is 2.29. The van der Waals surface area contributed by atoms with Gasteiger partial charge in [-0.2, -0.15) is 0 Å². The molecule has 2 atom stereocenters. The van der Waals surface area contributed by atoms with Gasteiger partial charge in [0.25, 0.3) is 0 Å². The summed E-state index contributed by atoms with van der Waals surface area (Å²) in [6.45, 7) is 5.05. The first kappa shape index (κ1) is 14.6. The molecular formula is C16H22N2O2.